The van der Waals surface area contributed by atoms with Crippen LogP contribution in [0.1, 0.15) is 56.9 Å². The highest BCUT2D eigenvalue weighted by molar-refractivity contribution is 6.55. The van der Waals surface area contributed by atoms with E-state index in [4.69, 9.17) is 9.31 Å². The van der Waals surface area contributed by atoms with Crippen molar-refractivity contribution in [2.24, 2.45) is 0 Å². The fourth-order valence-electron chi connectivity index (χ4n) is 2.62. The lowest BCUT2D eigenvalue weighted by Gasteiger charge is -2.32. The van der Waals surface area contributed by atoms with Crippen LogP contribution in [0.4, 0.5) is 4.39 Å². The Morgan fingerprint density at radius 3 is 1.86 bits per heavy atom. The molecule has 0 unspecified atom stereocenters. The maximum absolute atomic E-state index is 14.9. The van der Waals surface area contributed by atoms with Crippen LogP contribution in [0.2, 0.25) is 0 Å². The molecule has 1 aliphatic rings. The third kappa shape index (κ3) is 2.87. The number of halogens is 1. The Balaban J connectivity index is 2.41. The Kier molecular flexibility index (Phi) is 4.31. The lowest BCUT2D eigenvalue weighted by atomic mass is 9.82. The van der Waals surface area contributed by atoms with E-state index in [1.54, 1.807) is 6.92 Å². The van der Waals surface area contributed by atoms with Gasteiger partial charge in [-0.1, -0.05) is 12.1 Å². The highest BCUT2D eigenvalue weighted by Gasteiger charge is 2.53. The van der Waals surface area contributed by atoms with Gasteiger partial charge >= 0.3 is 7.12 Å². The zero-order valence-corrected chi connectivity index (χ0v) is 14.9. The lowest BCUT2D eigenvalue weighted by Crippen LogP contribution is -2.41. The van der Waals surface area contributed by atoms with Crippen molar-refractivity contribution < 1.29 is 13.7 Å². The SMILES string of the molecule is CC(=C(F)B1OC(C)(C)C(C)(C)O1)c1cc(C)c(C)cc1C. The molecule has 0 radical (unpaired) electrons. The number of aryl methyl sites for hydroxylation is 3. The molecular weight excluding hydrogens is 278 g/mol. The first-order chi connectivity index (χ1) is 9.96. The third-order valence-corrected chi connectivity index (χ3v) is 5.06. The Labute approximate surface area is 133 Å². The van der Waals surface area contributed by atoms with E-state index in [0.29, 0.717) is 5.57 Å². The number of hydrogen-bond donors (Lipinski definition) is 0. The first-order valence-corrected chi connectivity index (χ1v) is 7.76. The van der Waals surface area contributed by atoms with Crippen molar-refractivity contribution >= 4 is 12.7 Å². The van der Waals surface area contributed by atoms with E-state index in [2.05, 4.69) is 13.0 Å². The van der Waals surface area contributed by atoms with Gasteiger partial charge in [-0.2, -0.15) is 0 Å². The summed E-state index contributed by atoms with van der Waals surface area (Å²) in [5.41, 5.74) is 3.51. The Hall–Kier alpha value is -1.13. The molecule has 120 valence electrons. The number of allylic oxidation sites excluding steroid dienone is 1. The molecule has 0 N–H and O–H groups in total. The van der Waals surface area contributed by atoms with Crippen molar-refractivity contribution in [1.29, 1.82) is 0 Å². The second kappa shape index (κ2) is 5.50. The predicted molar refractivity (Wildman–Crippen MR) is 90.4 cm³/mol. The summed E-state index contributed by atoms with van der Waals surface area (Å²) in [6.07, 6.45) is 0. The maximum Gasteiger partial charge on any atom is 0.525 e. The average molecular weight is 304 g/mol. The number of benzene rings is 1. The second-order valence-electron chi connectivity index (χ2n) is 7.31. The van der Waals surface area contributed by atoms with Gasteiger partial charge < -0.3 is 9.31 Å². The van der Waals surface area contributed by atoms with Crippen LogP contribution in [-0.2, 0) is 9.31 Å². The van der Waals surface area contributed by atoms with E-state index in [-0.39, 0.29) is 5.73 Å². The molecule has 0 spiro atoms. The van der Waals surface area contributed by atoms with E-state index in [1.807, 2.05) is 47.6 Å². The summed E-state index contributed by atoms with van der Waals surface area (Å²) >= 11 is 0. The fourth-order valence-corrected chi connectivity index (χ4v) is 2.62. The summed E-state index contributed by atoms with van der Waals surface area (Å²) in [6.45, 7) is 15.6. The zero-order chi connectivity index (χ0) is 16.9. The van der Waals surface area contributed by atoms with E-state index < -0.39 is 18.3 Å². The van der Waals surface area contributed by atoms with Gasteiger partial charge in [0.25, 0.3) is 0 Å². The summed E-state index contributed by atoms with van der Waals surface area (Å²) in [5, 5.41) is 0. The van der Waals surface area contributed by atoms with Crippen LogP contribution >= 0.6 is 0 Å². The highest BCUT2D eigenvalue weighted by atomic mass is 19.1. The maximum atomic E-state index is 14.9. The largest absolute Gasteiger partial charge is 0.525 e. The molecule has 0 aromatic heterocycles. The first-order valence-electron chi connectivity index (χ1n) is 7.76. The van der Waals surface area contributed by atoms with Crippen molar-refractivity contribution in [2.75, 3.05) is 0 Å². The van der Waals surface area contributed by atoms with Crippen LogP contribution < -0.4 is 0 Å². The number of rotatable bonds is 2. The molecule has 22 heavy (non-hydrogen) atoms. The van der Waals surface area contributed by atoms with Crippen LogP contribution in [0.15, 0.2) is 17.9 Å². The molecule has 0 atom stereocenters. The summed E-state index contributed by atoms with van der Waals surface area (Å²) < 4.78 is 26.5. The van der Waals surface area contributed by atoms with Gasteiger partial charge in [0, 0.05) is 0 Å². The van der Waals surface area contributed by atoms with Crippen molar-refractivity contribution in [3.05, 3.63) is 40.1 Å². The van der Waals surface area contributed by atoms with Gasteiger partial charge in [0.2, 0.25) is 0 Å². The lowest BCUT2D eigenvalue weighted by molar-refractivity contribution is 0.00578. The predicted octanol–water partition coefficient (Wildman–Crippen LogP) is 4.94. The van der Waals surface area contributed by atoms with Crippen molar-refractivity contribution in [2.45, 2.75) is 66.6 Å². The molecular formula is C18H26BFO2. The monoisotopic (exact) mass is 304 g/mol. The van der Waals surface area contributed by atoms with E-state index in [0.717, 1.165) is 16.7 Å². The molecule has 1 heterocycles. The zero-order valence-electron chi connectivity index (χ0n) is 14.9. The Bertz CT molecular complexity index is 616. The van der Waals surface area contributed by atoms with Crippen molar-refractivity contribution in [3.8, 4) is 0 Å². The van der Waals surface area contributed by atoms with Crippen molar-refractivity contribution in [1.82, 2.24) is 0 Å². The molecule has 0 saturated carbocycles. The third-order valence-electron chi connectivity index (χ3n) is 5.06. The summed E-state index contributed by atoms with van der Waals surface area (Å²) in [5.74, 6) is 0. The smallest absolute Gasteiger partial charge is 0.398 e. The van der Waals surface area contributed by atoms with Crippen LogP contribution in [0.3, 0.4) is 0 Å². The van der Waals surface area contributed by atoms with Gasteiger partial charge in [-0.05, 0) is 83.2 Å². The summed E-state index contributed by atoms with van der Waals surface area (Å²) in [4.78, 5) is 0. The molecule has 1 aliphatic heterocycles. The van der Waals surface area contributed by atoms with Crippen LogP contribution in [0, 0.1) is 20.8 Å². The van der Waals surface area contributed by atoms with E-state index >= 15 is 0 Å². The fraction of sp³-hybridized carbons (Fsp3) is 0.556. The second-order valence-corrected chi connectivity index (χ2v) is 7.31. The summed E-state index contributed by atoms with van der Waals surface area (Å²) in [7, 11) is -0.939. The van der Waals surface area contributed by atoms with Gasteiger partial charge in [0.15, 0.2) is 0 Å². The Morgan fingerprint density at radius 2 is 1.36 bits per heavy atom. The molecule has 2 rings (SSSR count). The molecule has 1 aromatic carbocycles. The van der Waals surface area contributed by atoms with Crippen LogP contribution in [0.5, 0.6) is 0 Å². The summed E-state index contributed by atoms with van der Waals surface area (Å²) in [6, 6.07) is 4.12. The minimum atomic E-state index is -0.939. The van der Waals surface area contributed by atoms with Crippen molar-refractivity contribution in [3.63, 3.8) is 0 Å². The topological polar surface area (TPSA) is 18.5 Å². The molecule has 4 heteroatoms. The first kappa shape index (κ1) is 17.2. The highest BCUT2D eigenvalue weighted by Crippen LogP contribution is 2.40. The molecule has 2 nitrogen and oxygen atoms in total. The normalized spacial score (nSPS) is 21.0. The van der Waals surface area contributed by atoms with E-state index in [1.165, 1.54) is 5.56 Å². The van der Waals surface area contributed by atoms with Gasteiger partial charge in [0.05, 0.1) is 11.2 Å². The minimum Gasteiger partial charge on any atom is -0.398 e. The standard InChI is InChI=1S/C18H26BFO2/c1-11-9-13(3)15(10-12(11)2)14(4)16(20)19-21-17(5,6)18(7,8)22-19/h9-10H,1-8H3. The number of hydrogen-bond acceptors (Lipinski definition) is 2. The van der Waals surface area contributed by atoms with E-state index in [9.17, 15) is 4.39 Å². The van der Waals surface area contributed by atoms with Gasteiger partial charge in [-0.15, -0.1) is 0 Å². The Morgan fingerprint density at radius 1 is 0.909 bits per heavy atom. The van der Waals surface area contributed by atoms with Gasteiger partial charge in [-0.25, -0.2) is 4.39 Å². The molecule has 1 aromatic rings. The minimum absolute atomic E-state index is 0.343. The molecule has 1 saturated heterocycles. The molecule has 0 bridgehead atoms. The molecule has 1 fully saturated rings. The quantitative estimate of drug-likeness (QED) is 0.720. The van der Waals surface area contributed by atoms with Crippen LogP contribution in [0.25, 0.3) is 5.57 Å². The van der Waals surface area contributed by atoms with Crippen LogP contribution in [-0.4, -0.2) is 18.3 Å². The molecule has 0 amide bonds. The molecule has 0 aliphatic carbocycles. The van der Waals surface area contributed by atoms with Gasteiger partial charge in [-0.3, -0.25) is 0 Å². The average Bonchev–Trinajstić information content (AvgIpc) is 2.61. The van der Waals surface area contributed by atoms with Gasteiger partial charge in [0.1, 0.15) is 5.73 Å².